The normalized spacial score (nSPS) is 23.3. The predicted molar refractivity (Wildman–Crippen MR) is 73.5 cm³/mol. The molecule has 0 aliphatic carbocycles. The molecule has 0 amide bonds. The van der Waals surface area contributed by atoms with Crippen LogP contribution in [0.15, 0.2) is 24.3 Å². The first kappa shape index (κ1) is 13.6. The summed E-state index contributed by atoms with van der Waals surface area (Å²) in [5.74, 6) is 0.854. The van der Waals surface area contributed by atoms with E-state index in [-0.39, 0.29) is 5.92 Å². The van der Waals surface area contributed by atoms with Gasteiger partial charge in [-0.1, -0.05) is 38.1 Å². The van der Waals surface area contributed by atoms with Crippen LogP contribution >= 0.6 is 0 Å². The molecule has 1 aliphatic heterocycles. The number of aliphatic hydroxyl groups is 1. The van der Waals surface area contributed by atoms with Crippen molar-refractivity contribution in [1.29, 1.82) is 0 Å². The van der Waals surface area contributed by atoms with Gasteiger partial charge in [0.15, 0.2) is 0 Å². The molecule has 0 saturated carbocycles. The molecule has 100 valence electrons. The smallest absolute Gasteiger partial charge is 0.0919 e. The zero-order valence-electron chi connectivity index (χ0n) is 11.6. The summed E-state index contributed by atoms with van der Waals surface area (Å²) in [5.41, 5.74) is 1.56. The lowest BCUT2D eigenvalue weighted by molar-refractivity contribution is -0.00977. The van der Waals surface area contributed by atoms with Crippen LogP contribution in [0.25, 0.3) is 0 Å². The lowest BCUT2D eigenvalue weighted by Gasteiger charge is -2.30. The van der Waals surface area contributed by atoms with E-state index in [1.165, 1.54) is 5.56 Å². The van der Waals surface area contributed by atoms with Gasteiger partial charge < -0.3 is 9.84 Å². The van der Waals surface area contributed by atoms with E-state index in [0.717, 1.165) is 25.0 Å². The molecule has 0 aromatic heterocycles. The number of hydrogen-bond acceptors (Lipinski definition) is 2. The van der Waals surface area contributed by atoms with E-state index >= 15 is 0 Å². The van der Waals surface area contributed by atoms with E-state index < -0.39 is 5.60 Å². The largest absolute Gasteiger partial charge is 0.385 e. The average Bonchev–Trinajstić information content (AvgIpc) is 2.82. The van der Waals surface area contributed by atoms with Gasteiger partial charge in [-0.15, -0.1) is 0 Å². The minimum absolute atomic E-state index is 0.215. The second-order valence-corrected chi connectivity index (χ2v) is 6.01. The molecule has 1 aliphatic rings. The van der Waals surface area contributed by atoms with Gasteiger partial charge in [0.25, 0.3) is 0 Å². The van der Waals surface area contributed by atoms with Gasteiger partial charge in [0.2, 0.25) is 0 Å². The van der Waals surface area contributed by atoms with E-state index in [0.29, 0.717) is 12.5 Å². The second kappa shape index (κ2) is 5.41. The van der Waals surface area contributed by atoms with Gasteiger partial charge >= 0.3 is 0 Å². The second-order valence-electron chi connectivity index (χ2n) is 6.01. The number of benzene rings is 1. The average molecular weight is 248 g/mol. The summed E-state index contributed by atoms with van der Waals surface area (Å²) in [5, 5.41) is 10.8. The highest BCUT2D eigenvalue weighted by Crippen LogP contribution is 2.35. The van der Waals surface area contributed by atoms with Crippen LogP contribution in [0.4, 0.5) is 0 Å². The van der Waals surface area contributed by atoms with Crippen LogP contribution in [0.2, 0.25) is 0 Å². The van der Waals surface area contributed by atoms with E-state index in [9.17, 15) is 5.11 Å². The Balaban J connectivity index is 2.20. The molecule has 1 heterocycles. The first-order chi connectivity index (χ1) is 8.50. The van der Waals surface area contributed by atoms with Crippen molar-refractivity contribution >= 4 is 0 Å². The highest BCUT2D eigenvalue weighted by atomic mass is 16.5. The van der Waals surface area contributed by atoms with Crippen molar-refractivity contribution in [3.8, 4) is 0 Å². The molecule has 2 nitrogen and oxygen atoms in total. The number of hydrogen-bond donors (Lipinski definition) is 1. The van der Waals surface area contributed by atoms with Crippen LogP contribution in [0.3, 0.4) is 0 Å². The molecule has 0 bridgehead atoms. The van der Waals surface area contributed by atoms with Gasteiger partial charge in [-0.3, -0.25) is 0 Å². The van der Waals surface area contributed by atoms with E-state index in [1.54, 1.807) is 0 Å². The molecule has 1 aromatic carbocycles. The van der Waals surface area contributed by atoms with Crippen LogP contribution in [0.5, 0.6) is 0 Å². The highest BCUT2D eigenvalue weighted by Gasteiger charge is 2.36. The summed E-state index contributed by atoms with van der Waals surface area (Å²) in [6, 6.07) is 8.38. The zero-order valence-corrected chi connectivity index (χ0v) is 11.6. The summed E-state index contributed by atoms with van der Waals surface area (Å²) < 4.78 is 5.40. The molecule has 2 atom stereocenters. The van der Waals surface area contributed by atoms with Gasteiger partial charge in [-0.05, 0) is 36.8 Å². The molecule has 1 saturated heterocycles. The Kier molecular flexibility index (Phi) is 4.08. The first-order valence-corrected chi connectivity index (χ1v) is 6.89. The summed E-state index contributed by atoms with van der Waals surface area (Å²) in [7, 11) is 0. The molecule has 1 aromatic rings. The van der Waals surface area contributed by atoms with E-state index in [4.69, 9.17) is 4.74 Å². The molecule has 1 N–H and O–H groups in total. The fourth-order valence-electron chi connectivity index (χ4n) is 2.70. The number of ether oxygens (including phenoxy) is 1. The maximum absolute atomic E-state index is 10.8. The summed E-state index contributed by atoms with van der Waals surface area (Å²) in [6.45, 7) is 7.79. The Morgan fingerprint density at radius 3 is 2.83 bits per heavy atom. The maximum atomic E-state index is 10.8. The Hall–Kier alpha value is -0.860. The third-order valence-electron chi connectivity index (χ3n) is 3.88. The topological polar surface area (TPSA) is 29.5 Å². The van der Waals surface area contributed by atoms with E-state index in [2.05, 4.69) is 32.0 Å². The molecule has 2 unspecified atom stereocenters. The summed E-state index contributed by atoms with van der Waals surface area (Å²) in [6.07, 6.45) is 2.01. The monoisotopic (exact) mass is 248 g/mol. The Labute approximate surface area is 110 Å². The molecule has 2 heteroatoms. The molecular formula is C16H24O2. The van der Waals surface area contributed by atoms with Gasteiger partial charge in [0.05, 0.1) is 12.2 Å². The zero-order chi connectivity index (χ0) is 13.2. The van der Waals surface area contributed by atoms with Crippen LogP contribution in [0, 0.1) is 11.8 Å². The lowest BCUT2D eigenvalue weighted by atomic mass is 9.81. The molecule has 2 rings (SSSR count). The SMILES string of the molecule is CC(C)Cc1cccc(C(C)(O)C2CCOC2)c1. The van der Waals surface area contributed by atoms with Gasteiger partial charge in [-0.25, -0.2) is 0 Å². The predicted octanol–water partition coefficient (Wildman–Crippen LogP) is 3.13. The molecule has 0 radical (unpaired) electrons. The molecule has 18 heavy (non-hydrogen) atoms. The quantitative estimate of drug-likeness (QED) is 0.887. The van der Waals surface area contributed by atoms with Crippen LogP contribution in [-0.4, -0.2) is 18.3 Å². The Bertz CT molecular complexity index is 390. The number of rotatable bonds is 4. The van der Waals surface area contributed by atoms with Crippen molar-refractivity contribution < 1.29 is 9.84 Å². The van der Waals surface area contributed by atoms with Crippen molar-refractivity contribution in [1.82, 2.24) is 0 Å². The van der Waals surface area contributed by atoms with Crippen molar-refractivity contribution in [2.24, 2.45) is 11.8 Å². The van der Waals surface area contributed by atoms with Crippen molar-refractivity contribution in [2.75, 3.05) is 13.2 Å². The lowest BCUT2D eigenvalue weighted by Crippen LogP contribution is -2.32. The molecule has 1 fully saturated rings. The minimum atomic E-state index is -0.774. The Morgan fingerprint density at radius 1 is 1.44 bits per heavy atom. The Morgan fingerprint density at radius 2 is 2.22 bits per heavy atom. The van der Waals surface area contributed by atoms with E-state index in [1.807, 2.05) is 13.0 Å². The van der Waals surface area contributed by atoms with Gasteiger partial charge in [0, 0.05) is 12.5 Å². The van der Waals surface area contributed by atoms with Gasteiger partial charge in [-0.2, -0.15) is 0 Å². The van der Waals surface area contributed by atoms with Crippen molar-refractivity contribution in [3.63, 3.8) is 0 Å². The highest BCUT2D eigenvalue weighted by molar-refractivity contribution is 5.29. The van der Waals surface area contributed by atoms with Crippen molar-refractivity contribution in [3.05, 3.63) is 35.4 Å². The minimum Gasteiger partial charge on any atom is -0.385 e. The van der Waals surface area contributed by atoms with Crippen LogP contribution in [-0.2, 0) is 16.8 Å². The van der Waals surface area contributed by atoms with Crippen LogP contribution < -0.4 is 0 Å². The van der Waals surface area contributed by atoms with Crippen molar-refractivity contribution in [2.45, 2.75) is 39.2 Å². The molecule has 0 spiro atoms. The molecular weight excluding hydrogens is 224 g/mol. The third-order valence-corrected chi connectivity index (χ3v) is 3.88. The summed E-state index contributed by atoms with van der Waals surface area (Å²) >= 11 is 0. The van der Waals surface area contributed by atoms with Crippen LogP contribution in [0.1, 0.15) is 38.3 Å². The fourth-order valence-corrected chi connectivity index (χ4v) is 2.70. The van der Waals surface area contributed by atoms with Gasteiger partial charge in [0.1, 0.15) is 0 Å². The standard InChI is InChI=1S/C16H24O2/c1-12(2)9-13-5-4-6-14(10-13)16(3,17)15-7-8-18-11-15/h4-6,10,12,15,17H,7-9,11H2,1-3H3. The summed E-state index contributed by atoms with van der Waals surface area (Å²) in [4.78, 5) is 0. The third kappa shape index (κ3) is 2.93. The first-order valence-electron chi connectivity index (χ1n) is 6.89. The fraction of sp³-hybridized carbons (Fsp3) is 0.625. The maximum Gasteiger partial charge on any atom is 0.0919 e.